The largest absolute Gasteiger partial charge is 0.396 e. The van der Waals surface area contributed by atoms with Gasteiger partial charge < -0.3 is 5.11 Å². The smallest absolute Gasteiger partial charge is 0.132 e. The van der Waals surface area contributed by atoms with E-state index in [0.717, 1.165) is 15.9 Å². The average molecular weight is 330 g/mol. The highest BCUT2D eigenvalue weighted by atomic mass is 79.9. The van der Waals surface area contributed by atoms with E-state index in [1.165, 1.54) is 17.4 Å². The van der Waals surface area contributed by atoms with Gasteiger partial charge in [0.15, 0.2) is 0 Å². The zero-order chi connectivity index (χ0) is 13.1. The molecule has 1 heterocycles. The first-order valence-corrected chi connectivity index (χ1v) is 7.34. The van der Waals surface area contributed by atoms with Crippen LogP contribution < -0.4 is 0 Å². The molecule has 0 aliphatic carbocycles. The topological polar surface area (TPSA) is 33.1 Å². The number of nitrogens with zero attached hydrogens (tertiary/aromatic N) is 1. The van der Waals surface area contributed by atoms with Gasteiger partial charge in [0.25, 0.3) is 0 Å². The molecule has 0 bridgehead atoms. The van der Waals surface area contributed by atoms with E-state index in [1.54, 1.807) is 12.1 Å². The maximum Gasteiger partial charge on any atom is 0.132 e. The summed E-state index contributed by atoms with van der Waals surface area (Å²) in [6, 6.07) is 4.80. The molecular formula is C13H13BrFNOS. The Kier molecular flexibility index (Phi) is 4.48. The molecule has 1 atom stereocenters. The zero-order valence-corrected chi connectivity index (χ0v) is 12.3. The first-order chi connectivity index (χ1) is 8.65. The standard InChI is InChI=1S/C13H13BrFNOS/c1-2-8(6-17)13-16-12(7-18-13)10-5-9(14)3-4-11(10)15/h3-5,7-8,17H,2,6H2,1H3. The Hall–Kier alpha value is -0.780. The van der Waals surface area contributed by atoms with Gasteiger partial charge >= 0.3 is 0 Å². The molecule has 18 heavy (non-hydrogen) atoms. The van der Waals surface area contributed by atoms with Gasteiger partial charge in [0.2, 0.25) is 0 Å². The van der Waals surface area contributed by atoms with Crippen molar-refractivity contribution in [3.63, 3.8) is 0 Å². The lowest BCUT2D eigenvalue weighted by Crippen LogP contribution is -2.01. The van der Waals surface area contributed by atoms with Gasteiger partial charge in [-0.05, 0) is 24.6 Å². The SMILES string of the molecule is CCC(CO)c1nc(-c2cc(Br)ccc2F)cs1. The van der Waals surface area contributed by atoms with E-state index in [-0.39, 0.29) is 18.3 Å². The minimum Gasteiger partial charge on any atom is -0.396 e. The summed E-state index contributed by atoms with van der Waals surface area (Å²) in [6.45, 7) is 2.08. The summed E-state index contributed by atoms with van der Waals surface area (Å²) in [4.78, 5) is 4.42. The third kappa shape index (κ3) is 2.79. The second-order valence-corrected chi connectivity index (χ2v) is 5.79. The number of thiazole rings is 1. The van der Waals surface area contributed by atoms with Crippen LogP contribution in [-0.4, -0.2) is 16.7 Å². The minimum atomic E-state index is -0.285. The predicted molar refractivity (Wildman–Crippen MR) is 75.3 cm³/mol. The van der Waals surface area contributed by atoms with E-state index < -0.39 is 0 Å². The van der Waals surface area contributed by atoms with Crippen molar-refractivity contribution in [1.29, 1.82) is 0 Å². The van der Waals surface area contributed by atoms with Crippen molar-refractivity contribution < 1.29 is 9.50 Å². The molecule has 0 aliphatic heterocycles. The fourth-order valence-electron chi connectivity index (χ4n) is 1.67. The number of aliphatic hydroxyl groups is 1. The van der Waals surface area contributed by atoms with Gasteiger partial charge in [0, 0.05) is 21.3 Å². The fraction of sp³-hybridized carbons (Fsp3) is 0.308. The molecule has 2 nitrogen and oxygen atoms in total. The zero-order valence-electron chi connectivity index (χ0n) is 9.86. The van der Waals surface area contributed by atoms with Crippen LogP contribution in [0.4, 0.5) is 4.39 Å². The molecule has 1 unspecified atom stereocenters. The van der Waals surface area contributed by atoms with Crippen LogP contribution in [0.1, 0.15) is 24.3 Å². The molecule has 0 spiro atoms. The Balaban J connectivity index is 2.37. The second-order valence-electron chi connectivity index (χ2n) is 3.98. The highest BCUT2D eigenvalue weighted by molar-refractivity contribution is 9.10. The number of benzene rings is 1. The van der Waals surface area contributed by atoms with Crippen LogP contribution in [-0.2, 0) is 0 Å². The normalized spacial score (nSPS) is 12.7. The van der Waals surface area contributed by atoms with Crippen molar-refractivity contribution in [2.45, 2.75) is 19.3 Å². The van der Waals surface area contributed by atoms with Crippen molar-refractivity contribution in [1.82, 2.24) is 4.98 Å². The van der Waals surface area contributed by atoms with Gasteiger partial charge in [-0.2, -0.15) is 0 Å². The maximum absolute atomic E-state index is 13.7. The number of aromatic nitrogens is 1. The number of hydrogen-bond donors (Lipinski definition) is 1. The summed E-state index contributed by atoms with van der Waals surface area (Å²) in [5.74, 6) is -0.244. The highest BCUT2D eigenvalue weighted by Crippen LogP contribution is 2.30. The molecule has 0 fully saturated rings. The molecule has 2 rings (SSSR count). The molecule has 0 radical (unpaired) electrons. The first kappa shape index (κ1) is 13.6. The Morgan fingerprint density at radius 2 is 2.28 bits per heavy atom. The molecular weight excluding hydrogens is 317 g/mol. The van der Waals surface area contributed by atoms with Crippen molar-refractivity contribution in [2.75, 3.05) is 6.61 Å². The van der Waals surface area contributed by atoms with E-state index in [0.29, 0.717) is 11.3 Å². The van der Waals surface area contributed by atoms with E-state index >= 15 is 0 Å². The number of rotatable bonds is 4. The fourth-order valence-corrected chi connectivity index (χ4v) is 3.03. The monoisotopic (exact) mass is 329 g/mol. The lowest BCUT2D eigenvalue weighted by Gasteiger charge is -2.06. The Bertz CT molecular complexity index is 540. The molecule has 1 aromatic carbocycles. The van der Waals surface area contributed by atoms with Gasteiger partial charge in [-0.25, -0.2) is 9.37 Å². The molecule has 2 aromatic rings. The number of halogens is 2. The predicted octanol–water partition coefficient (Wildman–Crippen LogP) is 4.20. The third-order valence-corrected chi connectivity index (χ3v) is 4.29. The molecule has 1 aromatic heterocycles. The lowest BCUT2D eigenvalue weighted by atomic mass is 10.1. The molecule has 5 heteroatoms. The van der Waals surface area contributed by atoms with Crippen LogP contribution in [0.2, 0.25) is 0 Å². The van der Waals surface area contributed by atoms with Gasteiger partial charge in [-0.3, -0.25) is 0 Å². The minimum absolute atomic E-state index is 0.0407. The summed E-state index contributed by atoms with van der Waals surface area (Å²) in [7, 11) is 0. The maximum atomic E-state index is 13.7. The molecule has 0 saturated carbocycles. The number of aliphatic hydroxyl groups excluding tert-OH is 1. The summed E-state index contributed by atoms with van der Waals surface area (Å²) in [6.07, 6.45) is 0.824. The summed E-state index contributed by atoms with van der Waals surface area (Å²) in [5, 5.41) is 11.9. The molecule has 1 N–H and O–H groups in total. The van der Waals surface area contributed by atoms with Crippen LogP contribution in [0.15, 0.2) is 28.1 Å². The Morgan fingerprint density at radius 3 is 2.94 bits per heavy atom. The Labute approximate surface area is 118 Å². The van der Waals surface area contributed by atoms with Crippen LogP contribution >= 0.6 is 27.3 Å². The van der Waals surface area contributed by atoms with Crippen LogP contribution in [0, 0.1) is 5.82 Å². The molecule has 0 amide bonds. The van der Waals surface area contributed by atoms with Crippen LogP contribution in [0.5, 0.6) is 0 Å². The molecule has 0 aliphatic rings. The van der Waals surface area contributed by atoms with Crippen molar-refractivity contribution in [3.8, 4) is 11.3 Å². The summed E-state index contributed by atoms with van der Waals surface area (Å²) < 4.78 is 14.5. The van der Waals surface area contributed by atoms with Gasteiger partial charge in [-0.15, -0.1) is 11.3 Å². The summed E-state index contributed by atoms with van der Waals surface area (Å²) in [5.41, 5.74) is 1.11. The second kappa shape index (κ2) is 5.91. The van der Waals surface area contributed by atoms with Crippen molar-refractivity contribution in [3.05, 3.63) is 38.9 Å². The van der Waals surface area contributed by atoms with E-state index in [4.69, 9.17) is 0 Å². The first-order valence-electron chi connectivity index (χ1n) is 5.67. The number of hydrogen-bond acceptors (Lipinski definition) is 3. The van der Waals surface area contributed by atoms with E-state index in [2.05, 4.69) is 20.9 Å². The highest BCUT2D eigenvalue weighted by Gasteiger charge is 2.15. The third-order valence-electron chi connectivity index (χ3n) is 2.79. The van der Waals surface area contributed by atoms with Crippen LogP contribution in [0.3, 0.4) is 0 Å². The van der Waals surface area contributed by atoms with Gasteiger partial charge in [0.1, 0.15) is 5.82 Å². The Morgan fingerprint density at radius 1 is 1.50 bits per heavy atom. The lowest BCUT2D eigenvalue weighted by molar-refractivity contribution is 0.262. The average Bonchev–Trinajstić information content (AvgIpc) is 2.83. The van der Waals surface area contributed by atoms with Crippen molar-refractivity contribution in [2.24, 2.45) is 0 Å². The van der Waals surface area contributed by atoms with E-state index in [1.807, 2.05) is 12.3 Å². The van der Waals surface area contributed by atoms with Gasteiger partial charge in [-0.1, -0.05) is 22.9 Å². The van der Waals surface area contributed by atoms with Gasteiger partial charge in [0.05, 0.1) is 17.3 Å². The van der Waals surface area contributed by atoms with E-state index in [9.17, 15) is 9.50 Å². The van der Waals surface area contributed by atoms with Crippen LogP contribution in [0.25, 0.3) is 11.3 Å². The summed E-state index contributed by atoms with van der Waals surface area (Å²) >= 11 is 4.79. The van der Waals surface area contributed by atoms with Crippen molar-refractivity contribution >= 4 is 27.3 Å². The molecule has 0 saturated heterocycles. The quantitative estimate of drug-likeness (QED) is 0.911. The molecule has 96 valence electrons.